The molecule has 8 atom stereocenters. The number of Topliss-reactive ketones (excluding diaryl/α,β-unsaturated/α-hetero) is 1. The fourth-order valence-corrected chi connectivity index (χ4v) is 10.5. The van der Waals surface area contributed by atoms with Gasteiger partial charge in [-0.05, 0) is 140 Å². The first-order valence-electron chi connectivity index (χ1n) is 24.7. The first-order chi connectivity index (χ1) is 32.5. The van der Waals surface area contributed by atoms with Gasteiger partial charge in [-0.25, -0.2) is 0 Å². The number of amides is 5. The van der Waals surface area contributed by atoms with Gasteiger partial charge in [-0.2, -0.15) is 0 Å². The number of hydrogen-bond acceptors (Lipinski definition) is 8. The SMILES string of the molecule is CN[C@@H](C)C(=O)N[C@@H](CC#CC1=C(C#CC[C@H](NC(=O)[C@H](C)NC)C(=O)N2CCC[C@H]2C(=O)N[C@@H]2CCCc3ccccc32)CCC1)C(=O)N1CCC[C@H]1C(=O)C[C@@H]1CCCc2ccccc21. The summed E-state index contributed by atoms with van der Waals surface area (Å²) >= 11 is 0. The van der Waals surface area contributed by atoms with Crippen molar-refractivity contribution in [3.8, 4) is 23.7 Å². The molecule has 0 aromatic heterocycles. The second kappa shape index (κ2) is 23.3. The highest BCUT2D eigenvalue weighted by atomic mass is 16.2. The Morgan fingerprint density at radius 3 is 1.70 bits per heavy atom. The lowest BCUT2D eigenvalue weighted by molar-refractivity contribution is -0.141. The minimum atomic E-state index is -0.966. The lowest BCUT2D eigenvalue weighted by Gasteiger charge is -2.31. The minimum Gasteiger partial charge on any atom is -0.347 e. The highest BCUT2D eigenvalue weighted by Gasteiger charge is 2.40. The maximum atomic E-state index is 14.3. The van der Waals surface area contributed by atoms with E-state index in [9.17, 15) is 28.8 Å². The molecular weight excluding hydrogens is 843 g/mol. The Bertz CT molecular complexity index is 2180. The van der Waals surface area contributed by atoms with Crippen LogP contribution < -0.4 is 26.6 Å². The number of nitrogens with one attached hydrogen (secondary N) is 5. The molecule has 0 spiro atoms. The zero-order valence-electron chi connectivity index (χ0n) is 39.8. The molecule has 2 saturated heterocycles. The largest absolute Gasteiger partial charge is 0.347 e. The van der Waals surface area contributed by atoms with Gasteiger partial charge in [0.25, 0.3) is 0 Å². The fraction of sp³-hybridized carbons (Fsp3) is 0.556. The van der Waals surface area contributed by atoms with Crippen LogP contribution in [-0.4, -0.2) is 109 Å². The van der Waals surface area contributed by atoms with E-state index in [-0.39, 0.29) is 60.1 Å². The predicted octanol–water partition coefficient (Wildman–Crippen LogP) is 4.69. The Kier molecular flexibility index (Phi) is 17.1. The Morgan fingerprint density at radius 2 is 1.12 bits per heavy atom. The summed E-state index contributed by atoms with van der Waals surface area (Å²) in [5, 5.41) is 15.0. The van der Waals surface area contributed by atoms with E-state index < -0.39 is 36.3 Å². The molecule has 7 rings (SSSR count). The monoisotopic (exact) mass is 912 g/mol. The highest BCUT2D eigenvalue weighted by Crippen LogP contribution is 2.36. The molecule has 13 nitrogen and oxygen atoms in total. The van der Waals surface area contributed by atoms with E-state index in [0.29, 0.717) is 58.0 Å². The number of ketones is 1. The number of nitrogens with zero attached hydrogens (tertiary/aromatic N) is 2. The van der Waals surface area contributed by atoms with E-state index >= 15 is 0 Å². The standard InChI is InChI=1S/C54H69N7O6/c1-35(55-3)50(63)58-45(53(66)60-32-14-30-47(60)49(62)34-41-24-10-22-39-16-5-7-25-42(39)41)28-11-20-37-18-9-19-38(37)21-12-29-46(59-51(64)36(2)56-4)54(67)61-33-15-31-48(61)52(65)57-44-27-13-23-40-17-6-8-26-43(40)44/h5-8,16-17,25-26,35-36,41,44-48,55-56H,9-10,13-15,18-19,22-24,27-34H2,1-4H3,(H,57,65)(H,58,63)(H,59,64)/t35-,36-,41-,44+,45-,46-,47-,48-/m0/s1. The summed E-state index contributed by atoms with van der Waals surface area (Å²) in [6.45, 7) is 4.30. The summed E-state index contributed by atoms with van der Waals surface area (Å²) < 4.78 is 0. The molecule has 2 heterocycles. The molecule has 2 aliphatic heterocycles. The van der Waals surface area contributed by atoms with Crippen molar-refractivity contribution >= 4 is 35.3 Å². The molecule has 356 valence electrons. The summed E-state index contributed by atoms with van der Waals surface area (Å²) in [5.41, 5.74) is 6.59. The van der Waals surface area contributed by atoms with Gasteiger partial charge in [0, 0.05) is 43.5 Å². The van der Waals surface area contributed by atoms with Gasteiger partial charge in [0.2, 0.25) is 29.5 Å². The Hall–Kier alpha value is -5.76. The number of hydrogen-bond donors (Lipinski definition) is 5. The van der Waals surface area contributed by atoms with Crippen molar-refractivity contribution in [2.45, 2.75) is 165 Å². The first kappa shape index (κ1) is 49.2. The summed E-state index contributed by atoms with van der Waals surface area (Å²) in [4.78, 5) is 86.1. The maximum absolute atomic E-state index is 14.3. The molecule has 2 fully saturated rings. The van der Waals surface area contributed by atoms with Gasteiger partial charge in [-0.15, -0.1) is 0 Å². The number of benzene rings is 2. The van der Waals surface area contributed by atoms with Crippen LogP contribution in [0.4, 0.5) is 0 Å². The predicted molar refractivity (Wildman–Crippen MR) is 258 cm³/mol. The van der Waals surface area contributed by atoms with Crippen LogP contribution in [-0.2, 0) is 41.6 Å². The van der Waals surface area contributed by atoms with Crippen LogP contribution in [0.1, 0.15) is 138 Å². The second-order valence-electron chi connectivity index (χ2n) is 19.0. The third-order valence-corrected chi connectivity index (χ3v) is 14.6. The van der Waals surface area contributed by atoms with Crippen LogP contribution in [0.25, 0.3) is 0 Å². The average molecular weight is 912 g/mol. The smallest absolute Gasteiger partial charge is 0.246 e. The van der Waals surface area contributed by atoms with Gasteiger partial charge in [0.1, 0.15) is 18.1 Å². The second-order valence-corrected chi connectivity index (χ2v) is 19.0. The summed E-state index contributed by atoms with van der Waals surface area (Å²) in [5.74, 6) is 11.6. The number of allylic oxidation sites excluding steroid dienone is 2. The number of carbonyl (C=O) groups excluding carboxylic acids is 6. The molecular formula is C54H69N7O6. The van der Waals surface area contributed by atoms with Crippen molar-refractivity contribution < 1.29 is 28.8 Å². The molecule has 0 unspecified atom stereocenters. The third kappa shape index (κ3) is 12.0. The zero-order valence-corrected chi connectivity index (χ0v) is 39.8. The number of aryl methyl sites for hydroxylation is 2. The van der Waals surface area contributed by atoms with Crippen LogP contribution in [0.5, 0.6) is 0 Å². The number of fused-ring (bicyclic) bond motifs is 2. The molecule has 0 bridgehead atoms. The van der Waals surface area contributed by atoms with Crippen molar-refractivity contribution in [3.05, 3.63) is 81.9 Å². The molecule has 0 saturated carbocycles. The molecule has 67 heavy (non-hydrogen) atoms. The van der Waals surface area contributed by atoms with Crippen molar-refractivity contribution in [2.24, 2.45) is 0 Å². The molecule has 5 amide bonds. The zero-order chi connectivity index (χ0) is 47.5. The minimum absolute atomic E-state index is 0.0429. The highest BCUT2D eigenvalue weighted by molar-refractivity contribution is 5.95. The van der Waals surface area contributed by atoms with E-state index in [1.165, 1.54) is 16.7 Å². The van der Waals surface area contributed by atoms with Crippen molar-refractivity contribution in [1.29, 1.82) is 0 Å². The molecule has 2 aromatic carbocycles. The lowest BCUT2D eigenvalue weighted by Crippen LogP contribution is -2.55. The van der Waals surface area contributed by atoms with E-state index in [4.69, 9.17) is 0 Å². The summed E-state index contributed by atoms with van der Waals surface area (Å²) in [7, 11) is 3.36. The lowest BCUT2D eigenvalue weighted by atomic mass is 9.79. The molecule has 0 radical (unpaired) electrons. The Labute approximate surface area is 396 Å². The van der Waals surface area contributed by atoms with Crippen LogP contribution in [0.15, 0.2) is 59.7 Å². The third-order valence-electron chi connectivity index (χ3n) is 14.6. The molecule has 5 N–H and O–H groups in total. The number of carbonyl (C=O) groups is 6. The number of rotatable bonds is 15. The van der Waals surface area contributed by atoms with Gasteiger partial charge >= 0.3 is 0 Å². The molecule has 3 aliphatic carbocycles. The molecule has 5 aliphatic rings. The van der Waals surface area contributed by atoms with E-state index in [1.807, 2.05) is 24.3 Å². The summed E-state index contributed by atoms with van der Waals surface area (Å²) in [6, 6.07) is 12.2. The van der Waals surface area contributed by atoms with Crippen LogP contribution >= 0.6 is 0 Å². The van der Waals surface area contributed by atoms with Gasteiger partial charge < -0.3 is 36.4 Å². The first-order valence-corrected chi connectivity index (χ1v) is 24.7. The van der Waals surface area contributed by atoms with Crippen LogP contribution in [0.3, 0.4) is 0 Å². The van der Waals surface area contributed by atoms with Gasteiger partial charge in [0.05, 0.1) is 24.2 Å². The van der Waals surface area contributed by atoms with E-state index in [2.05, 4.69) is 74.5 Å². The van der Waals surface area contributed by atoms with Crippen molar-refractivity contribution in [1.82, 2.24) is 36.4 Å². The summed E-state index contributed by atoms with van der Waals surface area (Å²) in [6.07, 6.45) is 11.0. The number of likely N-dealkylation sites (N-methyl/N-ethyl adjacent to an activating group) is 2. The van der Waals surface area contributed by atoms with Crippen LogP contribution in [0.2, 0.25) is 0 Å². The average Bonchev–Trinajstić information content (AvgIpc) is 4.15. The number of likely N-dealkylation sites (tertiary alicyclic amines) is 2. The molecule has 13 heteroatoms. The van der Waals surface area contributed by atoms with Crippen molar-refractivity contribution in [2.75, 3.05) is 27.2 Å². The topological polar surface area (TPSA) is 169 Å². The molecule has 2 aromatic rings. The van der Waals surface area contributed by atoms with Crippen molar-refractivity contribution in [3.63, 3.8) is 0 Å². The fourth-order valence-electron chi connectivity index (χ4n) is 10.5. The van der Waals surface area contributed by atoms with Gasteiger partial charge in [-0.1, -0.05) is 72.2 Å². The quantitative estimate of drug-likeness (QED) is 0.161. The normalized spacial score (nSPS) is 22.7. The van der Waals surface area contributed by atoms with E-state index in [0.717, 1.165) is 61.7 Å². The van der Waals surface area contributed by atoms with Crippen LogP contribution in [0, 0.1) is 23.7 Å². The Balaban J connectivity index is 1.04. The maximum Gasteiger partial charge on any atom is 0.246 e. The van der Waals surface area contributed by atoms with Gasteiger partial charge in [-0.3, -0.25) is 28.8 Å². The van der Waals surface area contributed by atoms with E-state index in [1.54, 1.807) is 37.7 Å². The van der Waals surface area contributed by atoms with Gasteiger partial charge in [0.15, 0.2) is 5.78 Å². The Morgan fingerprint density at radius 1 is 0.612 bits per heavy atom.